The lowest BCUT2D eigenvalue weighted by atomic mass is 9.94. The first kappa shape index (κ1) is 15.5. The standard InChI is InChI=1S/C15H17ClF3N3/c1-22-7-6-20-13(22)21-9-14(4-5-14)11-8-10(15(17,18)19)2-3-12(11)16/h2-3,8H,4-7,9H2,1H3,(H,20,21). The molecule has 22 heavy (non-hydrogen) atoms. The average molecular weight is 332 g/mol. The Morgan fingerprint density at radius 3 is 2.64 bits per heavy atom. The van der Waals surface area contributed by atoms with Crippen LogP contribution in [-0.2, 0) is 11.6 Å². The zero-order valence-corrected chi connectivity index (χ0v) is 12.9. The summed E-state index contributed by atoms with van der Waals surface area (Å²) in [5.74, 6) is 0.800. The van der Waals surface area contributed by atoms with Crippen molar-refractivity contribution in [1.29, 1.82) is 0 Å². The molecule has 0 spiro atoms. The van der Waals surface area contributed by atoms with E-state index in [9.17, 15) is 13.2 Å². The highest BCUT2D eigenvalue weighted by molar-refractivity contribution is 6.31. The van der Waals surface area contributed by atoms with E-state index in [-0.39, 0.29) is 5.41 Å². The number of guanidine groups is 1. The molecule has 3 rings (SSSR count). The molecule has 0 unspecified atom stereocenters. The first-order chi connectivity index (χ1) is 10.3. The Kier molecular flexibility index (Phi) is 3.75. The zero-order chi connectivity index (χ0) is 16.0. The minimum absolute atomic E-state index is 0.315. The Bertz CT molecular complexity index is 609. The lowest BCUT2D eigenvalue weighted by molar-refractivity contribution is -0.137. The van der Waals surface area contributed by atoms with Crippen LogP contribution in [0.3, 0.4) is 0 Å². The molecule has 1 aliphatic heterocycles. The van der Waals surface area contributed by atoms with Gasteiger partial charge in [-0.3, -0.25) is 4.99 Å². The maximum Gasteiger partial charge on any atom is 0.416 e. The third-order valence-corrected chi connectivity index (χ3v) is 4.69. The van der Waals surface area contributed by atoms with E-state index in [2.05, 4.69) is 10.3 Å². The van der Waals surface area contributed by atoms with Crippen LogP contribution in [0, 0.1) is 0 Å². The van der Waals surface area contributed by atoms with Gasteiger partial charge in [0.1, 0.15) is 0 Å². The van der Waals surface area contributed by atoms with E-state index in [4.69, 9.17) is 11.6 Å². The number of hydrogen-bond acceptors (Lipinski definition) is 3. The fourth-order valence-corrected chi connectivity index (χ4v) is 3.09. The van der Waals surface area contributed by atoms with Gasteiger partial charge in [0.15, 0.2) is 5.96 Å². The van der Waals surface area contributed by atoms with Gasteiger partial charge in [0.25, 0.3) is 0 Å². The van der Waals surface area contributed by atoms with E-state index < -0.39 is 11.7 Å². The topological polar surface area (TPSA) is 27.6 Å². The Hall–Kier alpha value is -1.43. The lowest BCUT2D eigenvalue weighted by Gasteiger charge is -2.22. The summed E-state index contributed by atoms with van der Waals surface area (Å²) in [5.41, 5.74) is -0.379. The molecule has 0 aromatic heterocycles. The first-order valence-electron chi connectivity index (χ1n) is 7.19. The van der Waals surface area contributed by atoms with Gasteiger partial charge in [0, 0.05) is 30.6 Å². The van der Waals surface area contributed by atoms with Crippen LogP contribution >= 0.6 is 11.6 Å². The van der Waals surface area contributed by atoms with Gasteiger partial charge < -0.3 is 10.2 Å². The third-order valence-electron chi connectivity index (χ3n) is 4.36. The summed E-state index contributed by atoms with van der Waals surface area (Å²) < 4.78 is 38.7. The molecule has 120 valence electrons. The normalized spacial score (nSPS) is 20.0. The van der Waals surface area contributed by atoms with Crippen LogP contribution in [0.2, 0.25) is 5.02 Å². The quantitative estimate of drug-likeness (QED) is 0.920. The summed E-state index contributed by atoms with van der Waals surface area (Å²) in [5, 5.41) is 3.65. The van der Waals surface area contributed by atoms with Crippen LogP contribution in [0.1, 0.15) is 24.0 Å². The van der Waals surface area contributed by atoms with E-state index in [1.807, 2.05) is 11.9 Å². The highest BCUT2D eigenvalue weighted by Crippen LogP contribution is 2.51. The van der Waals surface area contributed by atoms with Crippen molar-refractivity contribution in [3.8, 4) is 0 Å². The summed E-state index contributed by atoms with van der Waals surface area (Å²) >= 11 is 6.16. The summed E-state index contributed by atoms with van der Waals surface area (Å²) in [6.07, 6.45) is -2.69. The molecule has 1 aliphatic carbocycles. The number of nitrogens with zero attached hydrogens (tertiary/aromatic N) is 2. The van der Waals surface area contributed by atoms with Crippen LogP contribution < -0.4 is 5.32 Å². The number of nitrogens with one attached hydrogen (secondary N) is 1. The second-order valence-electron chi connectivity index (χ2n) is 5.95. The van der Waals surface area contributed by atoms with Gasteiger partial charge >= 0.3 is 6.18 Å². The van der Waals surface area contributed by atoms with Gasteiger partial charge in [-0.25, -0.2) is 0 Å². The molecule has 0 amide bonds. The Morgan fingerprint density at radius 2 is 2.09 bits per heavy atom. The molecule has 0 atom stereocenters. The van der Waals surface area contributed by atoms with Crippen molar-refractivity contribution < 1.29 is 13.2 Å². The number of aliphatic imine (C=N–C) groups is 1. The SMILES string of the molecule is CN1CCN=C1NCC1(c2cc(C(F)(F)F)ccc2Cl)CC1. The molecule has 1 aromatic carbocycles. The van der Waals surface area contributed by atoms with Crippen LogP contribution in [0.25, 0.3) is 0 Å². The molecule has 0 saturated heterocycles. The van der Waals surface area contributed by atoms with Gasteiger partial charge in [-0.15, -0.1) is 0 Å². The predicted molar refractivity (Wildman–Crippen MR) is 80.3 cm³/mol. The van der Waals surface area contributed by atoms with Gasteiger partial charge in [0.05, 0.1) is 12.1 Å². The van der Waals surface area contributed by atoms with E-state index in [0.29, 0.717) is 17.1 Å². The zero-order valence-electron chi connectivity index (χ0n) is 12.2. The fourth-order valence-electron chi connectivity index (χ4n) is 2.77. The van der Waals surface area contributed by atoms with Crippen LogP contribution in [0.15, 0.2) is 23.2 Å². The summed E-state index contributed by atoms with van der Waals surface area (Å²) in [6.45, 7) is 2.16. The van der Waals surface area contributed by atoms with E-state index in [1.165, 1.54) is 12.1 Å². The second kappa shape index (κ2) is 5.33. The van der Waals surface area contributed by atoms with Gasteiger partial charge in [0.2, 0.25) is 0 Å². The summed E-state index contributed by atoms with van der Waals surface area (Å²) in [4.78, 5) is 6.34. The van der Waals surface area contributed by atoms with E-state index in [0.717, 1.165) is 38.0 Å². The number of rotatable bonds is 3. The first-order valence-corrected chi connectivity index (χ1v) is 7.56. The third kappa shape index (κ3) is 2.89. The van der Waals surface area contributed by atoms with Crippen LogP contribution in [0.5, 0.6) is 0 Å². The van der Waals surface area contributed by atoms with E-state index >= 15 is 0 Å². The van der Waals surface area contributed by atoms with Crippen molar-refractivity contribution in [1.82, 2.24) is 10.2 Å². The second-order valence-corrected chi connectivity index (χ2v) is 6.36. The van der Waals surface area contributed by atoms with Crippen molar-refractivity contribution in [2.75, 3.05) is 26.7 Å². The molecule has 0 radical (unpaired) electrons. The van der Waals surface area contributed by atoms with Crippen LogP contribution in [0.4, 0.5) is 13.2 Å². The largest absolute Gasteiger partial charge is 0.416 e. The number of benzene rings is 1. The fraction of sp³-hybridized carbons (Fsp3) is 0.533. The predicted octanol–water partition coefficient (Wildman–Crippen LogP) is 3.28. The van der Waals surface area contributed by atoms with Gasteiger partial charge in [-0.1, -0.05) is 11.6 Å². The highest BCUT2D eigenvalue weighted by atomic mass is 35.5. The molecule has 2 aliphatic rings. The smallest absolute Gasteiger partial charge is 0.355 e. The van der Waals surface area contributed by atoms with Crippen molar-refractivity contribution in [2.45, 2.75) is 24.4 Å². The molecule has 1 N–H and O–H groups in total. The number of likely N-dealkylation sites (N-methyl/N-ethyl adjacent to an activating group) is 1. The molecule has 1 aromatic rings. The number of halogens is 4. The highest BCUT2D eigenvalue weighted by Gasteiger charge is 2.46. The maximum atomic E-state index is 12.9. The molecule has 3 nitrogen and oxygen atoms in total. The monoisotopic (exact) mass is 331 g/mol. The molecular formula is C15H17ClF3N3. The number of hydrogen-bond donors (Lipinski definition) is 1. The minimum Gasteiger partial charge on any atom is -0.355 e. The molecular weight excluding hydrogens is 315 g/mol. The van der Waals surface area contributed by atoms with Crippen molar-refractivity contribution in [3.05, 3.63) is 34.3 Å². The Morgan fingerprint density at radius 1 is 1.36 bits per heavy atom. The average Bonchev–Trinajstić information content (AvgIpc) is 3.12. The molecule has 1 fully saturated rings. The lowest BCUT2D eigenvalue weighted by Crippen LogP contribution is -2.39. The van der Waals surface area contributed by atoms with Crippen molar-refractivity contribution in [3.63, 3.8) is 0 Å². The summed E-state index contributed by atoms with van der Waals surface area (Å²) in [7, 11) is 1.94. The van der Waals surface area contributed by atoms with Crippen molar-refractivity contribution >= 4 is 17.6 Å². The Balaban J connectivity index is 1.80. The molecule has 0 bridgehead atoms. The summed E-state index contributed by atoms with van der Waals surface area (Å²) in [6, 6.07) is 3.57. The Labute approximate surface area is 132 Å². The van der Waals surface area contributed by atoms with Crippen molar-refractivity contribution in [2.24, 2.45) is 4.99 Å². The molecule has 7 heteroatoms. The maximum absolute atomic E-state index is 12.9. The van der Waals surface area contributed by atoms with Gasteiger partial charge in [-0.05, 0) is 36.6 Å². The minimum atomic E-state index is -4.35. The number of alkyl halides is 3. The molecule has 1 saturated carbocycles. The van der Waals surface area contributed by atoms with Gasteiger partial charge in [-0.2, -0.15) is 13.2 Å². The molecule has 1 heterocycles. The van der Waals surface area contributed by atoms with E-state index in [1.54, 1.807) is 0 Å². The van der Waals surface area contributed by atoms with Crippen LogP contribution in [-0.4, -0.2) is 37.5 Å².